The average molecular weight is 388 g/mol. The summed E-state index contributed by atoms with van der Waals surface area (Å²) in [7, 11) is 1.77. The maximum Gasteiger partial charge on any atom is 0.233 e. The molecule has 0 N–H and O–H groups in total. The van der Waals surface area contributed by atoms with Crippen molar-refractivity contribution in [1.29, 1.82) is 0 Å². The van der Waals surface area contributed by atoms with Crippen LogP contribution in [0.1, 0.15) is 15.3 Å². The molecular formula is C18H21N5OS2. The zero-order chi connectivity index (χ0) is 18.4. The number of carbonyl (C=O) groups excluding carboxylic acids is 1. The van der Waals surface area contributed by atoms with Gasteiger partial charge in [0.25, 0.3) is 0 Å². The summed E-state index contributed by atoms with van der Waals surface area (Å²) in [6.45, 7) is 3.42. The Bertz CT molecular complexity index is 846. The second kappa shape index (κ2) is 8.95. The van der Waals surface area contributed by atoms with Crippen molar-refractivity contribution >= 4 is 29.0 Å². The number of thioether (sulfide) groups is 1. The number of carbonyl (C=O) groups is 1. The van der Waals surface area contributed by atoms with Gasteiger partial charge in [0.1, 0.15) is 0 Å². The predicted octanol–water partition coefficient (Wildman–Crippen LogP) is 2.94. The quantitative estimate of drug-likeness (QED) is 0.556. The molecule has 8 heteroatoms. The summed E-state index contributed by atoms with van der Waals surface area (Å²) in [5.74, 6) is 0.424. The van der Waals surface area contributed by atoms with Gasteiger partial charge in [-0.15, -0.1) is 16.4 Å². The summed E-state index contributed by atoms with van der Waals surface area (Å²) in [4.78, 5) is 17.2. The van der Waals surface area contributed by atoms with E-state index < -0.39 is 0 Å². The van der Waals surface area contributed by atoms with Crippen molar-refractivity contribution < 1.29 is 4.79 Å². The number of benzene rings is 1. The van der Waals surface area contributed by atoms with Crippen LogP contribution in [-0.2, 0) is 24.8 Å². The number of rotatable bonds is 8. The normalized spacial score (nSPS) is 10.8. The molecule has 6 nitrogen and oxygen atoms in total. The predicted molar refractivity (Wildman–Crippen MR) is 104 cm³/mol. The zero-order valence-electron chi connectivity index (χ0n) is 14.8. The monoisotopic (exact) mass is 387 g/mol. The third kappa shape index (κ3) is 5.15. The second-order valence-electron chi connectivity index (χ2n) is 5.94. The van der Waals surface area contributed by atoms with Crippen molar-refractivity contribution in [2.24, 2.45) is 7.05 Å². The summed E-state index contributed by atoms with van der Waals surface area (Å²) in [5, 5.41) is 12.0. The van der Waals surface area contributed by atoms with E-state index in [2.05, 4.69) is 46.7 Å². The van der Waals surface area contributed by atoms with Gasteiger partial charge in [-0.2, -0.15) is 0 Å². The molecule has 0 aliphatic heterocycles. The maximum atomic E-state index is 12.8. The minimum Gasteiger partial charge on any atom is -0.336 e. The van der Waals surface area contributed by atoms with Gasteiger partial charge in [-0.05, 0) is 41.5 Å². The molecule has 0 unspecified atom stereocenters. The number of aryl methyl sites for hydroxylation is 2. The van der Waals surface area contributed by atoms with Crippen LogP contribution in [-0.4, -0.2) is 43.3 Å². The van der Waals surface area contributed by atoms with E-state index in [-0.39, 0.29) is 5.91 Å². The van der Waals surface area contributed by atoms with E-state index in [1.54, 1.807) is 23.1 Å². The second-order valence-corrected chi connectivity index (χ2v) is 8.25. The first-order valence-electron chi connectivity index (χ1n) is 8.34. The van der Waals surface area contributed by atoms with E-state index in [1.807, 2.05) is 23.1 Å². The molecule has 0 saturated heterocycles. The Labute approximate surface area is 161 Å². The fourth-order valence-corrected chi connectivity index (χ4v) is 4.18. The first-order chi connectivity index (χ1) is 12.6. The van der Waals surface area contributed by atoms with Crippen molar-refractivity contribution in [2.45, 2.75) is 25.0 Å². The Morgan fingerprint density at radius 2 is 2.04 bits per heavy atom. The molecule has 0 fully saturated rings. The van der Waals surface area contributed by atoms with E-state index in [0.717, 1.165) is 6.42 Å². The average Bonchev–Trinajstić information content (AvgIpc) is 3.25. The van der Waals surface area contributed by atoms with E-state index in [9.17, 15) is 4.79 Å². The Kier molecular flexibility index (Phi) is 6.40. The number of hydrogen-bond acceptors (Lipinski definition) is 6. The highest BCUT2D eigenvalue weighted by Gasteiger charge is 2.17. The minimum atomic E-state index is 0.0972. The molecule has 0 aliphatic carbocycles. The summed E-state index contributed by atoms with van der Waals surface area (Å²) in [6.07, 6.45) is 0.840. The Balaban J connectivity index is 1.64. The number of nitrogens with zero attached hydrogens (tertiary/aromatic N) is 5. The van der Waals surface area contributed by atoms with E-state index in [4.69, 9.17) is 0 Å². The molecule has 0 radical (unpaired) electrons. The van der Waals surface area contributed by atoms with Gasteiger partial charge in [0.05, 0.1) is 12.3 Å². The molecule has 0 aliphatic rings. The third-order valence-electron chi connectivity index (χ3n) is 3.91. The lowest BCUT2D eigenvalue weighted by molar-refractivity contribution is -0.128. The number of tetrazole rings is 1. The summed E-state index contributed by atoms with van der Waals surface area (Å²) < 4.78 is 1.58. The molecule has 2 aromatic heterocycles. The molecule has 0 atom stereocenters. The van der Waals surface area contributed by atoms with Crippen LogP contribution in [0, 0.1) is 6.92 Å². The Hall–Kier alpha value is -2.19. The highest BCUT2D eigenvalue weighted by Crippen LogP contribution is 2.19. The molecule has 26 heavy (non-hydrogen) atoms. The Morgan fingerprint density at radius 1 is 1.23 bits per heavy atom. The molecule has 0 spiro atoms. The van der Waals surface area contributed by atoms with Crippen LogP contribution >= 0.6 is 23.1 Å². The van der Waals surface area contributed by atoms with E-state index in [1.165, 1.54) is 27.1 Å². The van der Waals surface area contributed by atoms with Crippen LogP contribution in [0.3, 0.4) is 0 Å². The number of amides is 1. The molecule has 2 heterocycles. The number of hydrogen-bond donors (Lipinski definition) is 0. The van der Waals surface area contributed by atoms with E-state index >= 15 is 0 Å². The fourth-order valence-electron chi connectivity index (χ4n) is 2.52. The van der Waals surface area contributed by atoms with Crippen molar-refractivity contribution in [3.8, 4) is 0 Å². The van der Waals surface area contributed by atoms with Gasteiger partial charge < -0.3 is 4.90 Å². The van der Waals surface area contributed by atoms with Crippen LogP contribution in [0.5, 0.6) is 0 Å². The van der Waals surface area contributed by atoms with Crippen molar-refractivity contribution in [2.75, 3.05) is 12.3 Å². The molecule has 0 bridgehead atoms. The third-order valence-corrected chi connectivity index (χ3v) is 5.90. The number of aromatic nitrogens is 4. The standard InChI is InChI=1S/C18H21N5OS2/c1-14-8-9-16(26-14)12-23(11-10-15-6-4-3-5-7-15)17(24)13-25-18-19-20-21-22(18)2/h3-9H,10-13H2,1-2H3. The van der Waals surface area contributed by atoms with Crippen LogP contribution in [0.15, 0.2) is 47.6 Å². The lowest BCUT2D eigenvalue weighted by Crippen LogP contribution is -2.33. The van der Waals surface area contributed by atoms with Gasteiger partial charge in [-0.1, -0.05) is 42.1 Å². The van der Waals surface area contributed by atoms with Crippen molar-refractivity contribution in [1.82, 2.24) is 25.1 Å². The van der Waals surface area contributed by atoms with Gasteiger partial charge in [-0.3, -0.25) is 4.79 Å². The van der Waals surface area contributed by atoms with Gasteiger partial charge >= 0.3 is 0 Å². The van der Waals surface area contributed by atoms with Gasteiger partial charge in [0, 0.05) is 23.3 Å². The molecule has 3 rings (SSSR count). The van der Waals surface area contributed by atoms with E-state index in [0.29, 0.717) is 24.0 Å². The summed E-state index contributed by atoms with van der Waals surface area (Å²) in [5.41, 5.74) is 1.23. The largest absolute Gasteiger partial charge is 0.336 e. The van der Waals surface area contributed by atoms with Crippen molar-refractivity contribution in [3.63, 3.8) is 0 Å². The Morgan fingerprint density at radius 3 is 2.69 bits per heavy atom. The molecule has 3 aromatic rings. The lowest BCUT2D eigenvalue weighted by atomic mass is 10.1. The maximum absolute atomic E-state index is 12.8. The molecular weight excluding hydrogens is 366 g/mol. The van der Waals surface area contributed by atoms with Gasteiger partial charge in [-0.25, -0.2) is 4.68 Å². The highest BCUT2D eigenvalue weighted by molar-refractivity contribution is 7.99. The molecule has 0 saturated carbocycles. The van der Waals surface area contributed by atoms with Gasteiger partial charge in [0.15, 0.2) is 0 Å². The minimum absolute atomic E-state index is 0.0972. The first kappa shape index (κ1) is 18.6. The lowest BCUT2D eigenvalue weighted by Gasteiger charge is -2.22. The summed E-state index contributed by atoms with van der Waals surface area (Å²) >= 11 is 3.10. The van der Waals surface area contributed by atoms with Crippen LogP contribution < -0.4 is 0 Å². The zero-order valence-corrected chi connectivity index (χ0v) is 16.5. The van der Waals surface area contributed by atoms with Crippen LogP contribution in [0.25, 0.3) is 0 Å². The first-order valence-corrected chi connectivity index (χ1v) is 10.1. The topological polar surface area (TPSA) is 63.9 Å². The molecule has 1 aromatic carbocycles. The van der Waals surface area contributed by atoms with Gasteiger partial charge in [0.2, 0.25) is 11.1 Å². The number of thiophene rings is 1. The smallest absolute Gasteiger partial charge is 0.233 e. The highest BCUT2D eigenvalue weighted by atomic mass is 32.2. The molecule has 1 amide bonds. The fraction of sp³-hybridized carbons (Fsp3) is 0.333. The SMILES string of the molecule is Cc1ccc(CN(CCc2ccccc2)C(=O)CSc2nnnn2C)s1. The van der Waals surface area contributed by atoms with Crippen LogP contribution in [0.2, 0.25) is 0 Å². The summed E-state index contributed by atoms with van der Waals surface area (Å²) in [6, 6.07) is 14.5. The van der Waals surface area contributed by atoms with Crippen LogP contribution in [0.4, 0.5) is 0 Å². The molecule has 136 valence electrons. The van der Waals surface area contributed by atoms with Crippen molar-refractivity contribution in [3.05, 3.63) is 57.8 Å².